The van der Waals surface area contributed by atoms with E-state index >= 15 is 0 Å². The smallest absolute Gasteiger partial charge is 0.325 e. The number of nitrogens with one attached hydrogen (secondary N) is 2. The van der Waals surface area contributed by atoms with Gasteiger partial charge in [0.1, 0.15) is 19.8 Å². The van der Waals surface area contributed by atoms with E-state index in [0.29, 0.717) is 42.7 Å². The van der Waals surface area contributed by atoms with E-state index in [2.05, 4.69) is 10.6 Å². The van der Waals surface area contributed by atoms with Crippen LogP contribution in [0.4, 0.5) is 0 Å². The van der Waals surface area contributed by atoms with Crippen LogP contribution in [0.25, 0.3) is 0 Å². The fourth-order valence-electron chi connectivity index (χ4n) is 2.73. The Hall–Kier alpha value is -2.97. The summed E-state index contributed by atoms with van der Waals surface area (Å²) in [7, 11) is 0. The molecule has 1 heterocycles. The average Bonchev–Trinajstić information content (AvgIpc) is 2.77. The molecular weight excluding hydrogens is 447 g/mol. The monoisotopic (exact) mass is 466 g/mol. The second-order valence-electron chi connectivity index (χ2n) is 6.55. The molecule has 0 bridgehead atoms. The minimum atomic E-state index is -0.740. The maximum atomic E-state index is 12.0. The van der Waals surface area contributed by atoms with Crippen LogP contribution in [0.5, 0.6) is 11.5 Å². The van der Waals surface area contributed by atoms with Crippen LogP contribution in [0, 0.1) is 0 Å². The molecule has 2 aromatic rings. The molecule has 2 aromatic carbocycles. The molecule has 3 rings (SSSR count). The van der Waals surface area contributed by atoms with Crippen LogP contribution in [-0.2, 0) is 20.7 Å². The van der Waals surface area contributed by atoms with Crippen molar-refractivity contribution in [2.24, 2.45) is 0 Å². The Kier molecular flexibility index (Phi) is 7.97. The van der Waals surface area contributed by atoms with Gasteiger partial charge in [-0.3, -0.25) is 14.4 Å². The molecule has 0 spiro atoms. The van der Waals surface area contributed by atoms with Gasteiger partial charge in [0.25, 0.3) is 11.8 Å². The number of amides is 2. The molecule has 10 heteroatoms. The summed E-state index contributed by atoms with van der Waals surface area (Å²) in [6, 6.07) is 9.95. The van der Waals surface area contributed by atoms with Gasteiger partial charge >= 0.3 is 5.97 Å². The second kappa shape index (κ2) is 10.9. The largest absolute Gasteiger partial charge is 0.486 e. The first-order valence-electron chi connectivity index (χ1n) is 9.46. The lowest BCUT2D eigenvalue weighted by Crippen LogP contribution is -2.34. The number of ether oxygens (including phenoxy) is 3. The van der Waals surface area contributed by atoms with Crippen LogP contribution in [-0.4, -0.2) is 50.7 Å². The van der Waals surface area contributed by atoms with Crippen molar-refractivity contribution in [1.82, 2.24) is 10.6 Å². The van der Waals surface area contributed by atoms with E-state index < -0.39 is 24.4 Å². The Morgan fingerprint density at radius 1 is 0.935 bits per heavy atom. The zero-order valence-electron chi connectivity index (χ0n) is 16.4. The Balaban J connectivity index is 1.33. The topological polar surface area (TPSA) is 103 Å². The van der Waals surface area contributed by atoms with E-state index in [1.807, 2.05) is 18.2 Å². The number of rotatable bonds is 8. The summed E-state index contributed by atoms with van der Waals surface area (Å²) < 4.78 is 15.8. The molecule has 164 valence electrons. The number of halogens is 2. The summed E-state index contributed by atoms with van der Waals surface area (Å²) in [6.07, 6.45) is 0.579. The summed E-state index contributed by atoms with van der Waals surface area (Å²) in [5.41, 5.74) is 1.23. The lowest BCUT2D eigenvalue weighted by molar-refractivity contribution is -0.147. The van der Waals surface area contributed by atoms with E-state index in [-0.39, 0.29) is 17.1 Å². The number of hydrogen-bond acceptors (Lipinski definition) is 6. The Morgan fingerprint density at radius 3 is 2.48 bits per heavy atom. The van der Waals surface area contributed by atoms with Gasteiger partial charge in [-0.1, -0.05) is 29.3 Å². The third-order valence-electron chi connectivity index (χ3n) is 4.28. The van der Waals surface area contributed by atoms with Crippen molar-refractivity contribution in [2.45, 2.75) is 6.42 Å². The molecule has 0 aromatic heterocycles. The quantitative estimate of drug-likeness (QED) is 0.579. The third kappa shape index (κ3) is 6.77. The minimum absolute atomic E-state index is 0.227. The molecule has 2 amide bonds. The molecule has 0 unspecified atom stereocenters. The summed E-state index contributed by atoms with van der Waals surface area (Å²) in [5.74, 6) is -0.305. The van der Waals surface area contributed by atoms with Crippen LogP contribution >= 0.6 is 23.2 Å². The maximum absolute atomic E-state index is 12.0. The highest BCUT2D eigenvalue weighted by atomic mass is 35.5. The van der Waals surface area contributed by atoms with Gasteiger partial charge in [0.05, 0.1) is 10.0 Å². The molecule has 0 fully saturated rings. The maximum Gasteiger partial charge on any atom is 0.325 e. The summed E-state index contributed by atoms with van der Waals surface area (Å²) in [5, 5.41) is 5.60. The Labute approximate surface area is 188 Å². The lowest BCUT2D eigenvalue weighted by atomic mass is 10.1. The van der Waals surface area contributed by atoms with Crippen molar-refractivity contribution >= 4 is 41.0 Å². The van der Waals surface area contributed by atoms with Crippen LogP contribution in [0.1, 0.15) is 15.9 Å². The predicted octanol–water partition coefficient (Wildman–Crippen LogP) is 2.40. The molecule has 8 nitrogen and oxygen atoms in total. The summed E-state index contributed by atoms with van der Waals surface area (Å²) in [4.78, 5) is 35.6. The van der Waals surface area contributed by atoms with Gasteiger partial charge in [0, 0.05) is 12.1 Å². The van der Waals surface area contributed by atoms with Gasteiger partial charge < -0.3 is 24.8 Å². The fraction of sp³-hybridized carbons (Fsp3) is 0.286. The normalized spacial score (nSPS) is 12.1. The van der Waals surface area contributed by atoms with E-state index in [4.69, 9.17) is 37.4 Å². The Bertz CT molecular complexity index is 982. The summed E-state index contributed by atoms with van der Waals surface area (Å²) in [6.45, 7) is 0.572. The number of carbonyl (C=O) groups excluding carboxylic acids is 3. The highest BCUT2D eigenvalue weighted by Gasteiger charge is 2.13. The van der Waals surface area contributed by atoms with Crippen LogP contribution in [0.2, 0.25) is 10.0 Å². The fourth-order valence-corrected chi connectivity index (χ4v) is 3.03. The van der Waals surface area contributed by atoms with Gasteiger partial charge in [-0.05, 0) is 42.3 Å². The molecular formula is C21H20Cl2N2O6. The Morgan fingerprint density at radius 2 is 1.71 bits per heavy atom. The van der Waals surface area contributed by atoms with E-state index in [1.165, 1.54) is 18.2 Å². The number of esters is 1. The minimum Gasteiger partial charge on any atom is -0.486 e. The van der Waals surface area contributed by atoms with Gasteiger partial charge in [0.15, 0.2) is 18.1 Å². The van der Waals surface area contributed by atoms with E-state index in [0.717, 1.165) is 5.56 Å². The molecule has 0 radical (unpaired) electrons. The lowest BCUT2D eigenvalue weighted by Gasteiger charge is -2.18. The van der Waals surface area contributed by atoms with Crippen molar-refractivity contribution in [3.8, 4) is 11.5 Å². The molecule has 0 atom stereocenters. The van der Waals surface area contributed by atoms with Gasteiger partial charge in [-0.25, -0.2) is 0 Å². The van der Waals surface area contributed by atoms with Gasteiger partial charge in [-0.15, -0.1) is 0 Å². The van der Waals surface area contributed by atoms with E-state index in [9.17, 15) is 14.4 Å². The van der Waals surface area contributed by atoms with Crippen molar-refractivity contribution in [1.29, 1.82) is 0 Å². The number of carbonyl (C=O) groups is 3. The SMILES string of the molecule is O=C(COC(=O)CNC(=O)c1ccc(Cl)c(Cl)c1)NCCc1ccc2c(c1)OCCO2. The first-order valence-corrected chi connectivity index (χ1v) is 10.2. The van der Waals surface area contributed by atoms with Crippen molar-refractivity contribution in [2.75, 3.05) is 32.9 Å². The van der Waals surface area contributed by atoms with Crippen molar-refractivity contribution < 1.29 is 28.6 Å². The highest BCUT2D eigenvalue weighted by Crippen LogP contribution is 2.30. The van der Waals surface area contributed by atoms with Crippen LogP contribution in [0.3, 0.4) is 0 Å². The van der Waals surface area contributed by atoms with Crippen molar-refractivity contribution in [3.63, 3.8) is 0 Å². The first kappa shape index (κ1) is 22.7. The molecule has 0 aliphatic carbocycles. The zero-order chi connectivity index (χ0) is 22.2. The van der Waals surface area contributed by atoms with E-state index in [1.54, 1.807) is 0 Å². The average molecular weight is 467 g/mol. The third-order valence-corrected chi connectivity index (χ3v) is 5.02. The molecule has 0 saturated carbocycles. The number of benzene rings is 2. The number of fused-ring (bicyclic) bond motifs is 1. The van der Waals surface area contributed by atoms with Crippen molar-refractivity contribution in [3.05, 3.63) is 57.6 Å². The number of hydrogen-bond donors (Lipinski definition) is 2. The molecule has 1 aliphatic heterocycles. The second-order valence-corrected chi connectivity index (χ2v) is 7.36. The molecule has 1 aliphatic rings. The first-order chi connectivity index (χ1) is 14.9. The molecule has 31 heavy (non-hydrogen) atoms. The highest BCUT2D eigenvalue weighted by molar-refractivity contribution is 6.42. The van der Waals surface area contributed by atoms with Gasteiger partial charge in [0.2, 0.25) is 0 Å². The predicted molar refractivity (Wildman–Crippen MR) is 114 cm³/mol. The van der Waals surface area contributed by atoms with Gasteiger partial charge in [-0.2, -0.15) is 0 Å². The molecule has 2 N–H and O–H groups in total. The summed E-state index contributed by atoms with van der Waals surface area (Å²) >= 11 is 11.7. The van der Waals surface area contributed by atoms with Crippen LogP contribution < -0.4 is 20.1 Å². The van der Waals surface area contributed by atoms with Crippen LogP contribution in [0.15, 0.2) is 36.4 Å². The zero-order valence-corrected chi connectivity index (χ0v) is 17.9. The standard InChI is InChI=1S/C21H20Cl2N2O6/c22-15-3-2-14(10-16(15)23)21(28)25-11-20(27)31-12-19(26)24-6-5-13-1-4-17-18(9-13)30-8-7-29-17/h1-4,9-10H,5-8,11-12H2,(H,24,26)(H,25,28). The molecule has 0 saturated heterocycles.